The van der Waals surface area contributed by atoms with Crippen LogP contribution in [0.2, 0.25) is 0 Å². The van der Waals surface area contributed by atoms with Crippen molar-refractivity contribution in [3.8, 4) is 5.75 Å². The van der Waals surface area contributed by atoms with E-state index in [1.807, 2.05) is 24.3 Å². The Bertz CT molecular complexity index is 540. The average molecular weight is 289 g/mol. The number of nitrogens with one attached hydrogen (secondary N) is 1. The minimum absolute atomic E-state index is 0.00864. The van der Waals surface area contributed by atoms with Crippen LogP contribution in [0.4, 0.5) is 10.1 Å². The zero-order valence-electron chi connectivity index (χ0n) is 12.1. The van der Waals surface area contributed by atoms with Crippen LogP contribution in [0.25, 0.3) is 0 Å². The molecule has 0 aliphatic rings. The maximum Gasteiger partial charge on any atom is 0.123 e. The van der Waals surface area contributed by atoms with E-state index in [0.717, 1.165) is 23.4 Å². The Hall–Kier alpha value is -2.07. The van der Waals surface area contributed by atoms with Crippen LogP contribution in [0.1, 0.15) is 12.5 Å². The maximum atomic E-state index is 12.9. The van der Waals surface area contributed by atoms with Crippen molar-refractivity contribution in [2.24, 2.45) is 0 Å². The number of anilines is 1. The van der Waals surface area contributed by atoms with Crippen LogP contribution in [-0.4, -0.2) is 24.4 Å². The van der Waals surface area contributed by atoms with Gasteiger partial charge in [-0.1, -0.05) is 12.1 Å². The van der Waals surface area contributed by atoms with Gasteiger partial charge in [0, 0.05) is 11.7 Å². The average Bonchev–Trinajstić information content (AvgIpc) is 2.49. The summed E-state index contributed by atoms with van der Waals surface area (Å²) < 4.78 is 18.2. The van der Waals surface area contributed by atoms with E-state index in [-0.39, 0.29) is 18.5 Å². The van der Waals surface area contributed by atoms with Crippen molar-refractivity contribution in [2.75, 3.05) is 18.5 Å². The molecule has 0 aliphatic heterocycles. The van der Waals surface area contributed by atoms with E-state index in [0.29, 0.717) is 6.61 Å². The summed E-state index contributed by atoms with van der Waals surface area (Å²) in [5, 5.41) is 12.1. The van der Waals surface area contributed by atoms with Crippen molar-refractivity contribution in [3.63, 3.8) is 0 Å². The van der Waals surface area contributed by atoms with Gasteiger partial charge in [-0.05, 0) is 55.3 Å². The van der Waals surface area contributed by atoms with Crippen molar-refractivity contribution in [1.29, 1.82) is 0 Å². The number of aliphatic hydroxyl groups is 1. The molecule has 0 heterocycles. The maximum absolute atomic E-state index is 12.9. The summed E-state index contributed by atoms with van der Waals surface area (Å²) in [6, 6.07) is 14.4. The van der Waals surface area contributed by atoms with Crippen LogP contribution in [-0.2, 0) is 6.42 Å². The summed E-state index contributed by atoms with van der Waals surface area (Å²) in [7, 11) is 0. The topological polar surface area (TPSA) is 41.5 Å². The molecule has 2 rings (SSSR count). The van der Waals surface area contributed by atoms with Crippen LogP contribution in [0.3, 0.4) is 0 Å². The Labute approximate surface area is 124 Å². The molecule has 0 bridgehead atoms. The van der Waals surface area contributed by atoms with Gasteiger partial charge in [0.25, 0.3) is 0 Å². The van der Waals surface area contributed by atoms with E-state index >= 15 is 0 Å². The van der Waals surface area contributed by atoms with Crippen molar-refractivity contribution in [2.45, 2.75) is 19.4 Å². The lowest BCUT2D eigenvalue weighted by Gasteiger charge is -2.16. The van der Waals surface area contributed by atoms with Gasteiger partial charge in [0.15, 0.2) is 0 Å². The van der Waals surface area contributed by atoms with Crippen LogP contribution >= 0.6 is 0 Å². The van der Waals surface area contributed by atoms with Crippen molar-refractivity contribution in [1.82, 2.24) is 0 Å². The normalized spacial score (nSPS) is 12.0. The fourth-order valence-electron chi connectivity index (χ4n) is 2.12. The van der Waals surface area contributed by atoms with Crippen molar-refractivity contribution >= 4 is 5.69 Å². The van der Waals surface area contributed by atoms with Gasteiger partial charge in [0.05, 0.1) is 6.61 Å². The molecule has 0 radical (unpaired) electrons. The van der Waals surface area contributed by atoms with Gasteiger partial charge in [0.2, 0.25) is 0 Å². The third-order valence-corrected chi connectivity index (χ3v) is 3.08. The highest BCUT2D eigenvalue weighted by Gasteiger charge is 2.04. The molecule has 0 saturated heterocycles. The molecule has 112 valence electrons. The monoisotopic (exact) mass is 289 g/mol. The van der Waals surface area contributed by atoms with E-state index in [1.54, 1.807) is 12.1 Å². The summed E-state index contributed by atoms with van der Waals surface area (Å²) in [4.78, 5) is 0. The Kier molecular flexibility index (Phi) is 5.58. The molecular formula is C17H20FNO2. The molecule has 0 aromatic heterocycles. The lowest BCUT2D eigenvalue weighted by atomic mass is 10.1. The number of benzene rings is 2. The Morgan fingerprint density at radius 3 is 2.38 bits per heavy atom. The van der Waals surface area contributed by atoms with Crippen molar-refractivity contribution in [3.05, 3.63) is 59.9 Å². The van der Waals surface area contributed by atoms with E-state index in [4.69, 9.17) is 9.84 Å². The van der Waals surface area contributed by atoms with Crippen LogP contribution in [0.15, 0.2) is 48.5 Å². The van der Waals surface area contributed by atoms with Crippen molar-refractivity contribution < 1.29 is 14.2 Å². The zero-order chi connectivity index (χ0) is 15.1. The highest BCUT2D eigenvalue weighted by atomic mass is 19.1. The van der Waals surface area contributed by atoms with E-state index in [1.165, 1.54) is 12.1 Å². The van der Waals surface area contributed by atoms with Gasteiger partial charge in [-0.2, -0.15) is 0 Å². The summed E-state index contributed by atoms with van der Waals surface area (Å²) in [5.74, 6) is 0.526. The van der Waals surface area contributed by atoms with Gasteiger partial charge in [-0.25, -0.2) is 4.39 Å². The lowest BCUT2D eigenvalue weighted by molar-refractivity contribution is 0.201. The Balaban J connectivity index is 1.87. The molecule has 1 atom stereocenters. The van der Waals surface area contributed by atoms with Crippen LogP contribution < -0.4 is 10.1 Å². The molecular weight excluding hydrogens is 269 g/mol. The second kappa shape index (κ2) is 7.64. The molecule has 21 heavy (non-hydrogen) atoms. The Morgan fingerprint density at radius 2 is 1.76 bits per heavy atom. The largest absolute Gasteiger partial charge is 0.491 e. The summed E-state index contributed by atoms with van der Waals surface area (Å²) in [6.45, 7) is 2.39. The molecule has 0 spiro atoms. The molecule has 3 nitrogen and oxygen atoms in total. The lowest BCUT2D eigenvalue weighted by Crippen LogP contribution is -2.18. The molecule has 0 amide bonds. The number of ether oxygens (including phenoxy) is 1. The highest BCUT2D eigenvalue weighted by Crippen LogP contribution is 2.17. The molecule has 1 unspecified atom stereocenters. The first-order chi connectivity index (χ1) is 10.2. The standard InChI is InChI=1S/C17H20FNO2/c1-13(12-14-2-4-15(18)5-3-14)19-16-6-8-17(9-7-16)21-11-10-20/h2-9,13,19-20H,10-12H2,1H3. The third-order valence-electron chi connectivity index (χ3n) is 3.08. The highest BCUT2D eigenvalue weighted by molar-refractivity contribution is 5.47. The summed E-state index contributed by atoms with van der Waals surface area (Å²) in [6.07, 6.45) is 0.822. The third kappa shape index (κ3) is 5.08. The fraction of sp³-hybridized carbons (Fsp3) is 0.294. The number of rotatable bonds is 7. The van der Waals surface area contributed by atoms with Crippen LogP contribution in [0, 0.1) is 5.82 Å². The van der Waals surface area contributed by atoms with Gasteiger partial charge in [0.1, 0.15) is 18.2 Å². The molecule has 0 fully saturated rings. The van der Waals surface area contributed by atoms with E-state index in [2.05, 4.69) is 12.2 Å². The SMILES string of the molecule is CC(Cc1ccc(F)cc1)Nc1ccc(OCCO)cc1. The minimum atomic E-state index is -0.210. The molecule has 0 aliphatic carbocycles. The first-order valence-corrected chi connectivity index (χ1v) is 7.02. The molecule has 2 N–H and O–H groups in total. The zero-order valence-corrected chi connectivity index (χ0v) is 12.1. The molecule has 2 aromatic carbocycles. The second-order valence-corrected chi connectivity index (χ2v) is 4.97. The smallest absolute Gasteiger partial charge is 0.123 e. The number of aliphatic hydroxyl groups excluding tert-OH is 1. The van der Waals surface area contributed by atoms with Crippen LogP contribution in [0.5, 0.6) is 5.75 Å². The van der Waals surface area contributed by atoms with Gasteiger partial charge in [-0.3, -0.25) is 0 Å². The number of hydrogen-bond donors (Lipinski definition) is 2. The number of hydrogen-bond acceptors (Lipinski definition) is 3. The fourth-order valence-corrected chi connectivity index (χ4v) is 2.12. The molecule has 0 saturated carbocycles. The number of halogens is 1. The predicted molar refractivity (Wildman–Crippen MR) is 82.2 cm³/mol. The summed E-state index contributed by atoms with van der Waals surface area (Å²) >= 11 is 0. The second-order valence-electron chi connectivity index (χ2n) is 4.97. The minimum Gasteiger partial charge on any atom is -0.491 e. The van der Waals surface area contributed by atoms with Gasteiger partial charge >= 0.3 is 0 Å². The quantitative estimate of drug-likeness (QED) is 0.822. The first-order valence-electron chi connectivity index (χ1n) is 7.02. The van der Waals surface area contributed by atoms with E-state index < -0.39 is 0 Å². The first kappa shape index (κ1) is 15.3. The molecule has 2 aromatic rings. The van der Waals surface area contributed by atoms with E-state index in [9.17, 15) is 4.39 Å². The predicted octanol–water partition coefficient (Wildman–Crippen LogP) is 3.24. The van der Waals surface area contributed by atoms with Gasteiger partial charge < -0.3 is 15.2 Å². The molecule has 4 heteroatoms. The summed E-state index contributed by atoms with van der Waals surface area (Å²) in [5.41, 5.74) is 2.10. The Morgan fingerprint density at radius 1 is 1.10 bits per heavy atom. The van der Waals surface area contributed by atoms with Gasteiger partial charge in [-0.15, -0.1) is 0 Å².